The van der Waals surface area contributed by atoms with Crippen molar-refractivity contribution in [1.82, 2.24) is 5.16 Å². The SMILES string of the molecule is CCC(C)CC(C)CCCCCCCCC(=O)C(C)C.CCCCC/C=C/C/C=C/CCCCCCCC(=O)C(C)C.CCCCCCCCOc1ccc(-c2ccc(C(=O)C(C)C)cc2)cc1.CCCCCCCCc1ccc2cc(C(=O)C(C)C)ccc2c1.CCCCCOc1ccc(-c2cc(-c3ccc(C(=O)C(C)(C)C)cc3)no2)cc1.CCCCCOc1ccc(-c2ccc(-c3ccc(C(=O)C(C)(C)C)cc3)cc2)cc1. The quantitative estimate of drug-likeness (QED) is 0.0203. The molecule has 2 atom stereocenters. The van der Waals surface area contributed by atoms with Crippen molar-refractivity contribution < 1.29 is 47.5 Å². The van der Waals surface area contributed by atoms with E-state index in [1.165, 1.54) is 233 Å². The van der Waals surface area contributed by atoms with Crippen molar-refractivity contribution >= 4 is 45.5 Å². The van der Waals surface area contributed by atoms with Crippen molar-refractivity contribution in [2.45, 2.75) is 416 Å². The minimum Gasteiger partial charge on any atom is -0.494 e. The van der Waals surface area contributed by atoms with Crippen LogP contribution in [0.5, 0.6) is 17.2 Å². The number of fused-ring (bicyclic) bond motifs is 1. The monoisotopic (exact) mass is 2040 g/mol. The molecule has 820 valence electrons. The van der Waals surface area contributed by atoms with Gasteiger partial charge in [0.25, 0.3) is 0 Å². The summed E-state index contributed by atoms with van der Waals surface area (Å²) in [6, 6.07) is 70.9. The summed E-state index contributed by atoms with van der Waals surface area (Å²) in [5.41, 5.74) is 13.2. The molecule has 10 aromatic rings. The van der Waals surface area contributed by atoms with E-state index >= 15 is 0 Å². The minimum absolute atomic E-state index is 0.0314. The molecule has 9 aromatic carbocycles. The molecule has 1 aromatic heterocycles. The van der Waals surface area contributed by atoms with Crippen LogP contribution in [0.15, 0.2) is 241 Å². The molecular formula is C139H199NO10. The van der Waals surface area contributed by atoms with E-state index in [2.05, 4.69) is 158 Å². The maximum atomic E-state index is 12.4. The van der Waals surface area contributed by atoms with Crippen molar-refractivity contribution in [2.24, 2.45) is 46.3 Å². The second-order valence-electron chi connectivity index (χ2n) is 45.0. The molecule has 11 heteroatoms. The Morgan fingerprint density at radius 3 is 1.03 bits per heavy atom. The Labute approximate surface area is 911 Å². The molecule has 10 rings (SSSR count). The topological polar surface area (TPSA) is 156 Å². The lowest BCUT2D eigenvalue weighted by Gasteiger charge is -2.16. The Balaban J connectivity index is 0.000000318. The van der Waals surface area contributed by atoms with Crippen LogP contribution in [0.1, 0.15) is 456 Å². The molecule has 1 heterocycles. The van der Waals surface area contributed by atoms with Gasteiger partial charge in [0.2, 0.25) is 0 Å². The molecule has 0 amide bonds. The van der Waals surface area contributed by atoms with Gasteiger partial charge in [-0.1, -0.05) is 500 Å². The molecule has 0 bridgehead atoms. The molecule has 0 aliphatic carbocycles. The summed E-state index contributed by atoms with van der Waals surface area (Å²) in [7, 11) is 0. The summed E-state index contributed by atoms with van der Waals surface area (Å²) in [6.45, 7) is 47.9. The smallest absolute Gasteiger partial charge is 0.168 e. The van der Waals surface area contributed by atoms with E-state index in [9.17, 15) is 28.8 Å². The van der Waals surface area contributed by atoms with Crippen molar-refractivity contribution in [3.63, 3.8) is 0 Å². The second kappa shape index (κ2) is 76.0. The first kappa shape index (κ1) is 130. The summed E-state index contributed by atoms with van der Waals surface area (Å²) in [4.78, 5) is 71.9. The third-order valence-corrected chi connectivity index (χ3v) is 27.8. The molecule has 0 aliphatic rings. The number of unbranched alkanes of at least 4 members (excludes halogenated alkanes) is 27. The van der Waals surface area contributed by atoms with E-state index in [1.54, 1.807) is 0 Å². The molecule has 0 saturated carbocycles. The van der Waals surface area contributed by atoms with Gasteiger partial charge in [-0.3, -0.25) is 28.8 Å². The van der Waals surface area contributed by atoms with Gasteiger partial charge in [-0.2, -0.15) is 0 Å². The van der Waals surface area contributed by atoms with Gasteiger partial charge in [-0.25, -0.2) is 0 Å². The predicted molar refractivity (Wildman–Crippen MR) is 642 cm³/mol. The van der Waals surface area contributed by atoms with Crippen LogP contribution in [-0.4, -0.2) is 59.7 Å². The fourth-order valence-corrected chi connectivity index (χ4v) is 17.6. The van der Waals surface area contributed by atoms with E-state index in [0.29, 0.717) is 22.9 Å². The van der Waals surface area contributed by atoms with Crippen LogP contribution in [0.25, 0.3) is 66.7 Å². The number of allylic oxidation sites excluding steroid dienone is 4. The van der Waals surface area contributed by atoms with Crippen LogP contribution in [0.4, 0.5) is 0 Å². The van der Waals surface area contributed by atoms with Crippen molar-refractivity contribution in [1.29, 1.82) is 0 Å². The molecule has 0 saturated heterocycles. The second-order valence-corrected chi connectivity index (χ2v) is 45.0. The van der Waals surface area contributed by atoms with Crippen LogP contribution in [0.2, 0.25) is 0 Å². The Morgan fingerprint density at radius 1 is 0.300 bits per heavy atom. The highest BCUT2D eigenvalue weighted by atomic mass is 16.5. The van der Waals surface area contributed by atoms with Crippen molar-refractivity contribution in [2.75, 3.05) is 19.8 Å². The minimum atomic E-state index is -0.394. The highest BCUT2D eigenvalue weighted by Crippen LogP contribution is 2.34. The van der Waals surface area contributed by atoms with Gasteiger partial charge in [-0.05, 0) is 200 Å². The van der Waals surface area contributed by atoms with Crippen molar-refractivity contribution in [3.8, 4) is 73.2 Å². The number of ketones is 6. The number of aromatic nitrogens is 1. The van der Waals surface area contributed by atoms with E-state index < -0.39 is 5.41 Å². The summed E-state index contributed by atoms with van der Waals surface area (Å²) < 4.78 is 22.9. The zero-order valence-electron chi connectivity index (χ0n) is 97.6. The van der Waals surface area contributed by atoms with E-state index in [0.717, 1.165) is 162 Å². The predicted octanol–water partition coefficient (Wildman–Crippen LogP) is 41.6. The maximum Gasteiger partial charge on any atom is 0.168 e. The largest absolute Gasteiger partial charge is 0.494 e. The molecule has 0 radical (unpaired) electrons. The number of carbonyl (C=O) groups excluding carboxylic acids is 6. The average Bonchev–Trinajstić information content (AvgIpc) is 1.72. The first-order chi connectivity index (χ1) is 72.1. The van der Waals surface area contributed by atoms with Crippen LogP contribution in [-0.2, 0) is 16.0 Å². The maximum absolute atomic E-state index is 12.4. The number of benzene rings is 9. The molecule has 0 aliphatic heterocycles. The van der Waals surface area contributed by atoms with Gasteiger partial charge in [0.15, 0.2) is 28.9 Å². The molecular weight excluding hydrogens is 1840 g/mol. The van der Waals surface area contributed by atoms with Gasteiger partial charge in [0.05, 0.1) is 19.8 Å². The Morgan fingerprint density at radius 2 is 0.620 bits per heavy atom. The van der Waals surface area contributed by atoms with E-state index in [1.807, 2.05) is 236 Å². The fraction of sp³-hybridized carbons (Fsp3) is 0.532. The Hall–Kier alpha value is -10.7. The molecule has 2 unspecified atom stereocenters. The van der Waals surface area contributed by atoms with Crippen LogP contribution >= 0.6 is 0 Å². The van der Waals surface area contributed by atoms with Gasteiger partial charge >= 0.3 is 0 Å². The highest BCUT2D eigenvalue weighted by molar-refractivity contribution is 6.02. The van der Waals surface area contributed by atoms with E-state index in [4.69, 9.17) is 18.7 Å². The molecule has 0 fully saturated rings. The first-order valence-electron chi connectivity index (χ1n) is 58.8. The van der Waals surface area contributed by atoms with Gasteiger partial charge in [0.1, 0.15) is 34.5 Å². The zero-order valence-corrected chi connectivity index (χ0v) is 97.6. The molecule has 11 nitrogen and oxygen atoms in total. The number of Topliss-reactive ketones (excluding diaryl/α,β-unsaturated/α-hetero) is 6. The summed E-state index contributed by atoms with van der Waals surface area (Å²) in [6.07, 6.45) is 60.2. The zero-order chi connectivity index (χ0) is 110. The normalized spacial score (nSPS) is 11.8. The van der Waals surface area contributed by atoms with Crippen LogP contribution in [0, 0.1) is 46.3 Å². The lowest BCUT2D eigenvalue weighted by Crippen LogP contribution is -2.19. The number of hydrogen-bond donors (Lipinski definition) is 0. The lowest BCUT2D eigenvalue weighted by molar-refractivity contribution is -0.122. The average molecular weight is 2040 g/mol. The summed E-state index contributed by atoms with van der Waals surface area (Å²) in [5, 5.41) is 6.60. The number of aryl methyl sites for hydroxylation is 1. The van der Waals surface area contributed by atoms with Crippen LogP contribution < -0.4 is 14.2 Å². The third kappa shape index (κ3) is 54.1. The Kier molecular flexibility index (Phi) is 65.7. The van der Waals surface area contributed by atoms with E-state index in [-0.39, 0.29) is 52.2 Å². The summed E-state index contributed by atoms with van der Waals surface area (Å²) in [5.74, 6) is 7.30. The first-order valence-corrected chi connectivity index (χ1v) is 58.8. The number of carbonyl (C=O) groups is 6. The standard InChI is InChI=1S/C28H32O2.C25H29NO3.C24H32O2.C22H30O.C21H38O.C19H38O/c1-5-6-7-20-30-26-18-16-24(17-19-26)22-10-8-21(9-11-22)23-12-14-25(15-13-23)27(29)28(2,3)4;1-5-6-7-16-28-21-14-12-19(13-15-21)23-17-22(26-29-23)18-8-10-20(11-9-18)24(27)25(2,3)4;1-4-5-6-7-8-9-18-26-23-16-14-21(15-17-23)20-10-12-22(13-11-20)24(25)19(2)3;1-4-5-6-7-8-9-10-18-11-12-20-16-21(22(23)17(2)3)14-13-19(20)15-18;1-4-5-6-7-8-9-10-11-12-13-14-15-16-17-18-19-21(22)20(2)3;1-6-17(4)15-18(5)13-11-9-7-8-10-12-14-19(20)16(2)3/h8-19H,5-7,20H2,1-4H3;8-15,17H,5-7,16H2,1-4H3;10-17,19H,4-9,18H2,1-3H3;11-17H,4-10H2,1-3H3;8-9,11-12,20H,4-7,10,13-19H2,1-3H3;16-18H,6-15H2,1-5H3/b;;;;9-8+,12-11+;. The lowest BCUT2D eigenvalue weighted by atomic mass is 9.86. The van der Waals surface area contributed by atoms with Gasteiger partial charge < -0.3 is 18.7 Å². The highest BCUT2D eigenvalue weighted by Gasteiger charge is 2.25. The Bertz CT molecular complexity index is 5360. The summed E-state index contributed by atoms with van der Waals surface area (Å²) >= 11 is 0. The number of rotatable bonds is 64. The number of nitrogens with zero attached hydrogens (tertiary/aromatic N) is 1. The van der Waals surface area contributed by atoms with Crippen molar-refractivity contribution in [3.05, 3.63) is 264 Å². The molecule has 0 N–H and O–H groups in total. The fourth-order valence-electron chi connectivity index (χ4n) is 17.6. The molecule has 150 heavy (non-hydrogen) atoms. The van der Waals surface area contributed by atoms with Gasteiger partial charge in [0, 0.05) is 86.8 Å². The van der Waals surface area contributed by atoms with Gasteiger partial charge in [-0.15, -0.1) is 0 Å². The number of hydrogen-bond acceptors (Lipinski definition) is 11. The number of ether oxygens (including phenoxy) is 3. The third-order valence-electron chi connectivity index (χ3n) is 27.8. The van der Waals surface area contributed by atoms with Crippen LogP contribution in [0.3, 0.4) is 0 Å². The molecule has 0 spiro atoms.